The van der Waals surface area contributed by atoms with Crippen molar-refractivity contribution in [2.75, 3.05) is 25.5 Å². The first-order valence-electron chi connectivity index (χ1n) is 42.9. The maximum absolute atomic E-state index is 18.2. The monoisotopic (exact) mass is 1780 g/mol. The maximum atomic E-state index is 18.2. The van der Waals surface area contributed by atoms with Gasteiger partial charge in [-0.05, 0) is 173 Å². The number of nitrogens with one attached hydrogen (secondary N) is 9. The van der Waals surface area contributed by atoms with E-state index in [0.717, 1.165) is 83.0 Å². The van der Waals surface area contributed by atoms with Crippen molar-refractivity contribution in [2.45, 2.75) is 243 Å². The molecule has 6 aromatic rings. The highest BCUT2D eigenvalue weighted by atomic mass is 32.4. The van der Waals surface area contributed by atoms with Crippen LogP contribution >= 0.6 is 12.1 Å². The van der Waals surface area contributed by atoms with Crippen LogP contribution in [0, 0.1) is 5.92 Å². The summed E-state index contributed by atoms with van der Waals surface area (Å²) in [5.74, 6) is -13.0. The van der Waals surface area contributed by atoms with Crippen molar-refractivity contribution in [3.05, 3.63) is 180 Å². The summed E-state index contributed by atoms with van der Waals surface area (Å²) in [5.41, 5.74) is 8.31. The van der Waals surface area contributed by atoms with Crippen LogP contribution in [-0.4, -0.2) is 195 Å². The molecule has 0 bridgehead atoms. The molecule has 11 N–H and O–H groups in total. The number of benzene rings is 6. The molecule has 6 aromatic carbocycles. The number of carbonyl (C=O) groups excluding carboxylic acids is 14. The summed E-state index contributed by atoms with van der Waals surface area (Å²) in [7, 11) is 0. The first-order chi connectivity index (χ1) is 59.2. The summed E-state index contributed by atoms with van der Waals surface area (Å²) < 4.78 is 13.2. The number of hydrogen-bond donors (Lipinski definition) is 10. The zero-order valence-corrected chi connectivity index (χ0v) is 76.6. The van der Waals surface area contributed by atoms with Crippen LogP contribution in [0.4, 0.5) is 9.59 Å². The topological polar surface area (TPSA) is 398 Å². The van der Waals surface area contributed by atoms with E-state index in [4.69, 9.17) is 38.8 Å². The lowest BCUT2D eigenvalue weighted by atomic mass is 9.98. The molecule has 14 amide bonds. The van der Waals surface area contributed by atoms with Crippen molar-refractivity contribution in [1.82, 2.24) is 57.7 Å². The van der Waals surface area contributed by atoms with Crippen LogP contribution in [0.15, 0.2) is 158 Å². The number of ether oxygens (including phenoxy) is 2. The van der Waals surface area contributed by atoms with Crippen molar-refractivity contribution < 1.29 is 76.6 Å². The van der Waals surface area contributed by atoms with Crippen molar-refractivity contribution in [3.8, 4) is 22.3 Å². The third kappa shape index (κ3) is 22.9. The third-order valence-electron chi connectivity index (χ3n) is 24.2. The fourth-order valence-electron chi connectivity index (χ4n) is 17.0. The number of fused-ring (bicyclic) bond motifs is 6. The van der Waals surface area contributed by atoms with E-state index in [2.05, 4.69) is 47.9 Å². The highest BCUT2D eigenvalue weighted by molar-refractivity contribution is 8.22. The van der Waals surface area contributed by atoms with Gasteiger partial charge < -0.3 is 63.1 Å². The van der Waals surface area contributed by atoms with E-state index in [1.54, 1.807) is 74.5 Å². The summed E-state index contributed by atoms with van der Waals surface area (Å²) in [6, 6.07) is 26.7. The lowest BCUT2D eigenvalue weighted by molar-refractivity contribution is -0.147. The predicted molar refractivity (Wildman–Crippen MR) is 487 cm³/mol. The summed E-state index contributed by atoms with van der Waals surface area (Å²) >= 11 is 14.4. The normalized spacial score (nSPS) is 16.4. The molecule has 0 spiro atoms. The molecule has 668 valence electrons. The molecule has 0 radical (unpaired) electrons. The Bertz CT molecular complexity index is 4980. The molecule has 125 heavy (non-hydrogen) atoms. The second-order valence-corrected chi connectivity index (χ2v) is 45.0. The number of nitrogens with zero attached hydrogens (tertiary/aromatic N) is 2. The highest BCUT2D eigenvalue weighted by Gasteiger charge is 2.52. The zero-order valence-electron chi connectivity index (χ0n) is 73.2. The number of imide groups is 2. The number of carbonyl (C=O) groups is 14. The number of nitrogens with two attached hydrogens (primary N) is 1. The number of primary amides is 1. The van der Waals surface area contributed by atoms with E-state index in [-0.39, 0.29) is 17.5 Å². The fourth-order valence-corrected chi connectivity index (χ4v) is 27.2. The van der Waals surface area contributed by atoms with Crippen LogP contribution in [0.1, 0.15) is 188 Å². The van der Waals surface area contributed by atoms with Crippen molar-refractivity contribution in [2.24, 2.45) is 11.7 Å². The van der Waals surface area contributed by atoms with Gasteiger partial charge in [-0.2, -0.15) is 0 Å². The summed E-state index contributed by atoms with van der Waals surface area (Å²) in [5, 5.41) is 24.4. The van der Waals surface area contributed by atoms with Gasteiger partial charge in [-0.1, -0.05) is 234 Å². The Morgan fingerprint density at radius 1 is 0.400 bits per heavy atom. The Morgan fingerprint density at radius 3 is 1.14 bits per heavy atom. The Labute approximate surface area is 741 Å². The molecule has 2 fully saturated rings. The van der Waals surface area contributed by atoms with E-state index in [1.807, 2.05) is 97.1 Å². The summed E-state index contributed by atoms with van der Waals surface area (Å²) in [4.78, 5) is 210. The quantitative estimate of drug-likeness (QED) is 0.0166. The van der Waals surface area contributed by atoms with Crippen molar-refractivity contribution >= 4 is 129 Å². The molecule has 32 heteroatoms. The Kier molecular flexibility index (Phi) is 32.4. The van der Waals surface area contributed by atoms with Gasteiger partial charge in [-0.25, -0.2) is 19.4 Å². The Balaban J connectivity index is 1.11. The number of amides is 14. The van der Waals surface area contributed by atoms with Crippen molar-refractivity contribution in [3.63, 3.8) is 0 Å². The minimum atomic E-state index is -3.74. The molecule has 4 aliphatic carbocycles. The second-order valence-electron chi connectivity index (χ2n) is 34.6. The molecular weight excluding hydrogens is 1670 g/mol. The third-order valence-corrected chi connectivity index (χ3v) is 35.7. The van der Waals surface area contributed by atoms with Gasteiger partial charge >= 0.3 is 12.2 Å². The largest absolute Gasteiger partial charge is 0.448 e. The highest BCUT2D eigenvalue weighted by Crippen LogP contribution is 2.64. The lowest BCUT2D eigenvalue weighted by Gasteiger charge is -2.45. The van der Waals surface area contributed by atoms with Crippen LogP contribution < -0.4 is 64.2 Å². The average molecular weight is 1790 g/mol. The van der Waals surface area contributed by atoms with Gasteiger partial charge in [0.1, 0.15) is 78.7 Å². The van der Waals surface area contributed by atoms with E-state index in [1.165, 1.54) is 76.2 Å². The van der Waals surface area contributed by atoms with Gasteiger partial charge in [0.05, 0.1) is 0 Å². The lowest BCUT2D eigenvalue weighted by Crippen LogP contribution is -2.65. The van der Waals surface area contributed by atoms with Gasteiger partial charge in [-0.15, -0.1) is 0 Å². The van der Waals surface area contributed by atoms with Crippen LogP contribution in [-0.2, 0) is 90.6 Å². The molecular formula is C93H118N12O16P2S2. The standard InChI is InChI=1S/C93H118N12O16P2S2/c1-54(2)78(101-81(109)57(5)100-89(117)93(12,13)102-82(110)58(6)95-61(9)106)85(113)97-56(4)80(108)98-60(8)86(114)105(91(119)121-51-75-72-48-32-28-44-68(72)69-45-29-33-49-73(69)75)77(53-123(125,64-38-22-16-23-39-64)65-40-24-17-25-41-65)87(115)104(90(118)120-50-74-70-46-30-26-42-66(70)67-43-27-31-47-71(67)74)76(52-122(124,62-34-18-14-19-35-62)63-36-20-15-21-37-63)84(112)96-59(7)83(111)103-92(10,11)88(116)99-55(3)79(94)107/h16-17,22-33,38-49,54-60,62-63,74-78H,14-15,18-21,34-37,50-53H2,1-13H3,(H2,94,107)(H,95,106)(H,96,112)(H,97,113)(H,98,108)(H,99,116)(H,100,117)(H,101,109)(H,102,110)(H,103,111)/t55-,56-,57-,58-,59-,60-,76-,77-,78-/m0/s1. The minimum absolute atomic E-state index is 0.173. The van der Waals surface area contributed by atoms with E-state index in [0.29, 0.717) is 46.1 Å². The number of rotatable bonds is 35. The Hall–Kier alpha value is -10.8. The Morgan fingerprint density at radius 2 is 0.744 bits per heavy atom. The molecule has 10 rings (SSSR count). The first kappa shape index (κ1) is 96.4. The molecule has 4 aliphatic rings. The van der Waals surface area contributed by atoms with E-state index >= 15 is 28.8 Å². The second kappa shape index (κ2) is 42.0. The number of hydrogen-bond acceptors (Lipinski definition) is 18. The molecule has 0 unspecified atom stereocenters. The average Bonchev–Trinajstić information content (AvgIpc) is 1.75. The fraction of sp³-hybridized carbons (Fsp3) is 0.462. The van der Waals surface area contributed by atoms with Crippen LogP contribution in [0.5, 0.6) is 0 Å². The minimum Gasteiger partial charge on any atom is -0.448 e. The van der Waals surface area contributed by atoms with Crippen LogP contribution in [0.3, 0.4) is 0 Å². The van der Waals surface area contributed by atoms with Gasteiger partial charge in [0, 0.05) is 37.1 Å². The van der Waals surface area contributed by atoms with Gasteiger partial charge in [-0.3, -0.25) is 57.5 Å². The molecule has 0 aromatic heterocycles. The van der Waals surface area contributed by atoms with E-state index in [9.17, 15) is 38.4 Å². The predicted octanol–water partition coefficient (Wildman–Crippen LogP) is 9.02. The molecule has 0 heterocycles. The molecule has 0 aliphatic heterocycles. The van der Waals surface area contributed by atoms with Gasteiger partial charge in [0.2, 0.25) is 59.1 Å². The van der Waals surface area contributed by atoms with Crippen LogP contribution in [0.25, 0.3) is 22.3 Å². The SMILES string of the molecule is CC(=O)N[C@@H](C)C(=O)NC(C)(C)C(=O)N[C@@H](C)C(=O)N[C@H](C(=O)N[C@@H](C)C(=O)N[C@@H](C)C(=O)N(C(=O)OCC1c2ccccc2-c2ccccc21)[C@@H](CP(=S)(c1ccccc1)c1ccccc1)C(=O)N(C(=O)OCC1c2ccccc2-c2ccccc21)[C@@H](CP(=S)(C1CCCCC1)C1CCCCC1)C(=O)N[C@@H](C)C(=O)NC(C)(C)C(=O)N[C@@H](C)C(N)=O)C(C)C. The summed E-state index contributed by atoms with van der Waals surface area (Å²) in [6.07, 6.45) is 3.87. The maximum Gasteiger partial charge on any atom is 0.417 e. The zero-order chi connectivity index (χ0) is 91.2. The van der Waals surface area contributed by atoms with E-state index < -0.39 is 198 Å². The smallest absolute Gasteiger partial charge is 0.417 e. The van der Waals surface area contributed by atoms with Gasteiger partial charge in [0.15, 0.2) is 0 Å². The first-order valence-corrected chi connectivity index (χ1v) is 49.0. The summed E-state index contributed by atoms with van der Waals surface area (Å²) in [6.45, 7) is 17.2. The van der Waals surface area contributed by atoms with Gasteiger partial charge in [0.25, 0.3) is 11.8 Å². The van der Waals surface area contributed by atoms with Crippen molar-refractivity contribution in [1.29, 1.82) is 0 Å². The molecule has 9 atom stereocenters. The van der Waals surface area contributed by atoms with Crippen LogP contribution in [0.2, 0.25) is 0 Å². The molecule has 2 saturated carbocycles. The molecule has 28 nitrogen and oxygen atoms in total. The molecule has 0 saturated heterocycles.